The third-order valence-corrected chi connectivity index (χ3v) is 7.49. The summed E-state index contributed by atoms with van der Waals surface area (Å²) in [6.07, 6.45) is 24.6. The molecule has 2 aromatic rings. The number of hydrogen-bond donors (Lipinski definition) is 1. The Morgan fingerprint density at radius 1 is 1.26 bits per heavy atom. The van der Waals surface area contributed by atoms with Crippen molar-refractivity contribution in [3.05, 3.63) is 96.8 Å². The molecule has 6 heteroatoms. The molecule has 3 heterocycles. The number of hydrogen-bond acceptors (Lipinski definition) is 3. The molecular formula is C36H47KN5-. The Morgan fingerprint density at radius 2 is 1.93 bits per heavy atom. The number of fused-ring (bicyclic) bond motifs is 1. The van der Waals surface area contributed by atoms with Crippen molar-refractivity contribution < 1.29 is 56.0 Å². The maximum absolute atomic E-state index is 9.49. The molecule has 0 spiro atoms. The van der Waals surface area contributed by atoms with E-state index in [4.69, 9.17) is 0 Å². The number of nitrogens with zero attached hydrogens (tertiary/aromatic N) is 4. The minimum absolute atomic E-state index is 0. The molecule has 42 heavy (non-hydrogen) atoms. The first-order valence-corrected chi connectivity index (χ1v) is 14.9. The summed E-state index contributed by atoms with van der Waals surface area (Å²) in [4.78, 5) is 0. The minimum Gasteiger partial charge on any atom is -0.386 e. The normalized spacial score (nSPS) is 19.0. The second-order valence-corrected chi connectivity index (χ2v) is 11.4. The van der Waals surface area contributed by atoms with Crippen LogP contribution in [0.4, 0.5) is 0 Å². The van der Waals surface area contributed by atoms with Crippen molar-refractivity contribution in [3.63, 3.8) is 0 Å². The van der Waals surface area contributed by atoms with E-state index in [0.717, 1.165) is 47.1 Å². The van der Waals surface area contributed by atoms with E-state index in [1.54, 1.807) is 11.8 Å². The van der Waals surface area contributed by atoms with Crippen LogP contribution in [0.1, 0.15) is 90.3 Å². The summed E-state index contributed by atoms with van der Waals surface area (Å²) in [5, 5.41) is 17.5. The van der Waals surface area contributed by atoms with Gasteiger partial charge >= 0.3 is 51.4 Å². The zero-order valence-electron chi connectivity index (χ0n) is 27.1. The SMILES string of the molecule is CC.CC1/C=C(c2cc(C3=C[N+](C)=C3)cn3ncc(C#N)c23)\C=C/[C-]=CC1.[CH2-]CC(C)(C[CH2-])C(NC(C)C)=C1CC1.[K+]. The molecular weight excluding hydrogens is 542 g/mol. The molecule has 2 aromatic heterocycles. The van der Waals surface area contributed by atoms with E-state index < -0.39 is 0 Å². The van der Waals surface area contributed by atoms with E-state index in [2.05, 4.69) is 101 Å². The Bertz CT molecular complexity index is 1450. The molecule has 0 bridgehead atoms. The standard InChI is InChI=1S/C21H18N4.C13H23N.C2H6.K/c1-15-6-4-3-5-7-16(8-15)20-9-17(19-12-24(2)13-19)14-25-21(20)18(10-22)11-23-25;1-6-13(5,7-2)12(11-8-9-11)14-10(3)4;1-2;/h4-5,7-9,11-15H,6H2,1-2H3;10,14H,1-2,6-9H2,3-5H3;1-2H3;/q;-2;;+1/b7-5-,16-8+;;;. The quantitative estimate of drug-likeness (QED) is 0.277. The van der Waals surface area contributed by atoms with Crippen LogP contribution in [0.15, 0.2) is 60.2 Å². The second kappa shape index (κ2) is 16.7. The van der Waals surface area contributed by atoms with E-state index in [1.165, 1.54) is 18.5 Å². The molecule has 3 aliphatic rings. The van der Waals surface area contributed by atoms with E-state index in [0.29, 0.717) is 17.5 Å². The molecule has 218 valence electrons. The van der Waals surface area contributed by atoms with E-state index in [9.17, 15) is 5.26 Å². The number of pyridine rings is 1. The van der Waals surface area contributed by atoms with Gasteiger partial charge in [0.25, 0.3) is 0 Å². The first-order valence-electron chi connectivity index (χ1n) is 14.9. The zero-order chi connectivity index (χ0) is 30.2. The zero-order valence-corrected chi connectivity index (χ0v) is 30.2. The van der Waals surface area contributed by atoms with Crippen molar-refractivity contribution in [1.82, 2.24) is 14.9 Å². The number of nitrogens with one attached hydrogen (secondary N) is 1. The Morgan fingerprint density at radius 3 is 2.48 bits per heavy atom. The molecule has 1 aliphatic heterocycles. The van der Waals surface area contributed by atoms with Crippen LogP contribution in [0.3, 0.4) is 0 Å². The Kier molecular flexibility index (Phi) is 14.4. The Labute approximate surface area is 297 Å². The van der Waals surface area contributed by atoms with Crippen molar-refractivity contribution in [2.75, 3.05) is 7.05 Å². The van der Waals surface area contributed by atoms with Gasteiger partial charge in [0.05, 0.1) is 17.3 Å². The van der Waals surface area contributed by atoms with Crippen molar-refractivity contribution in [2.45, 2.75) is 79.7 Å². The van der Waals surface area contributed by atoms with Gasteiger partial charge in [-0.05, 0) is 56.1 Å². The van der Waals surface area contributed by atoms with Crippen molar-refractivity contribution >= 4 is 22.9 Å². The van der Waals surface area contributed by atoms with Gasteiger partial charge in [-0.25, -0.2) is 21.2 Å². The molecule has 0 amide bonds. The van der Waals surface area contributed by atoms with Crippen molar-refractivity contribution in [1.29, 1.82) is 5.26 Å². The molecule has 1 fully saturated rings. The predicted molar refractivity (Wildman–Crippen MR) is 173 cm³/mol. The summed E-state index contributed by atoms with van der Waals surface area (Å²) in [5.74, 6) is 0.408. The van der Waals surface area contributed by atoms with Gasteiger partial charge in [-0.2, -0.15) is 29.3 Å². The Hall–Kier alpha value is -2.01. The molecule has 0 aromatic carbocycles. The van der Waals surface area contributed by atoms with Crippen LogP contribution in [0.2, 0.25) is 0 Å². The van der Waals surface area contributed by atoms with Crippen LogP contribution < -0.4 is 56.7 Å². The molecule has 0 radical (unpaired) electrons. The van der Waals surface area contributed by atoms with Gasteiger partial charge in [-0.15, -0.1) is 5.57 Å². The average Bonchev–Trinajstić information content (AvgIpc) is 3.70. The summed E-state index contributed by atoms with van der Waals surface area (Å²) in [5.41, 5.74) is 9.02. The number of rotatable bonds is 7. The van der Waals surface area contributed by atoms with Crippen LogP contribution in [0.25, 0.3) is 16.7 Å². The van der Waals surface area contributed by atoms with Gasteiger partial charge in [0.1, 0.15) is 18.7 Å². The Balaban J connectivity index is 0.000000311. The van der Waals surface area contributed by atoms with Gasteiger partial charge in [0.2, 0.25) is 0 Å². The number of nitriles is 1. The molecule has 2 aliphatic carbocycles. The van der Waals surface area contributed by atoms with Gasteiger partial charge in [0, 0.05) is 23.5 Å². The van der Waals surface area contributed by atoms with Gasteiger partial charge in [-0.1, -0.05) is 39.3 Å². The van der Waals surface area contributed by atoms with Crippen LogP contribution in [0, 0.1) is 42.6 Å². The van der Waals surface area contributed by atoms with Crippen LogP contribution >= 0.6 is 0 Å². The van der Waals surface area contributed by atoms with Crippen molar-refractivity contribution in [2.24, 2.45) is 11.3 Å². The van der Waals surface area contributed by atoms with E-state index >= 15 is 0 Å². The van der Waals surface area contributed by atoms with Gasteiger partial charge in [-0.3, -0.25) is 6.08 Å². The molecule has 0 saturated heterocycles. The second-order valence-electron chi connectivity index (χ2n) is 11.4. The van der Waals surface area contributed by atoms with Gasteiger partial charge < -0.3 is 19.2 Å². The van der Waals surface area contributed by atoms with Crippen LogP contribution in [-0.2, 0) is 0 Å². The van der Waals surface area contributed by atoms with E-state index in [1.807, 2.05) is 42.3 Å². The van der Waals surface area contributed by atoms with Crippen LogP contribution in [0.5, 0.6) is 0 Å². The first-order chi connectivity index (χ1) is 19.7. The topological polar surface area (TPSA) is 56.1 Å². The fourth-order valence-electron chi connectivity index (χ4n) is 4.91. The maximum Gasteiger partial charge on any atom is 1.00 e. The summed E-state index contributed by atoms with van der Waals surface area (Å²) >= 11 is 0. The molecule has 5 rings (SSSR count). The van der Waals surface area contributed by atoms with E-state index in [-0.39, 0.29) is 56.8 Å². The summed E-state index contributed by atoms with van der Waals surface area (Å²) in [7, 11) is 2.01. The third-order valence-electron chi connectivity index (χ3n) is 7.49. The average molecular weight is 589 g/mol. The largest absolute Gasteiger partial charge is 1.00 e. The monoisotopic (exact) mass is 588 g/mol. The third kappa shape index (κ3) is 9.00. The molecule has 1 unspecified atom stereocenters. The molecule has 1 saturated carbocycles. The van der Waals surface area contributed by atoms with Crippen LogP contribution in [-0.4, -0.2) is 33.5 Å². The number of aromatic nitrogens is 2. The summed E-state index contributed by atoms with van der Waals surface area (Å²) in [6, 6.07) is 4.93. The number of allylic oxidation sites excluding steroid dienone is 9. The fourth-order valence-corrected chi connectivity index (χ4v) is 4.91. The predicted octanol–water partition coefficient (Wildman–Crippen LogP) is 5.13. The minimum atomic E-state index is 0. The molecule has 5 nitrogen and oxygen atoms in total. The fraction of sp³-hybridized carbons (Fsp3) is 0.417. The summed E-state index contributed by atoms with van der Waals surface area (Å²) < 4.78 is 3.84. The molecule has 1 atom stereocenters. The van der Waals surface area contributed by atoms with Crippen molar-refractivity contribution in [3.8, 4) is 6.07 Å². The smallest absolute Gasteiger partial charge is 0.386 e. The summed E-state index contributed by atoms with van der Waals surface area (Å²) in [6.45, 7) is 20.9. The first kappa shape index (κ1) is 36.2. The van der Waals surface area contributed by atoms with Gasteiger partial charge in [0.15, 0.2) is 12.4 Å². The molecule has 1 N–H and O–H groups in total. The maximum atomic E-state index is 9.49.